The average molecular weight is 311 g/mol. The number of carbonyl (C=O) groups is 2. The van der Waals surface area contributed by atoms with Crippen molar-refractivity contribution in [2.75, 3.05) is 5.32 Å². The van der Waals surface area contributed by atoms with E-state index >= 15 is 0 Å². The Morgan fingerprint density at radius 3 is 2.52 bits per heavy atom. The number of anilines is 1. The smallest absolute Gasteiger partial charge is 0.411 e. The van der Waals surface area contributed by atoms with Crippen LogP contribution >= 0.6 is 0 Å². The second-order valence-electron chi connectivity index (χ2n) is 5.57. The zero-order chi connectivity index (χ0) is 16.2. The molecule has 0 atom stereocenters. The topological polar surface area (TPSA) is 75.6 Å². The van der Waals surface area contributed by atoms with Crippen LogP contribution in [0.25, 0.3) is 0 Å². The van der Waals surface area contributed by atoms with E-state index in [9.17, 15) is 9.59 Å². The second kappa shape index (κ2) is 6.52. The Morgan fingerprint density at radius 1 is 1.13 bits per heavy atom. The molecule has 0 saturated heterocycles. The van der Waals surface area contributed by atoms with Gasteiger partial charge in [0.25, 0.3) is 0 Å². The summed E-state index contributed by atoms with van der Waals surface area (Å²) >= 11 is 0. The summed E-state index contributed by atoms with van der Waals surface area (Å²) in [6, 6.07) is 14.2. The van der Waals surface area contributed by atoms with Gasteiger partial charge in [0.15, 0.2) is 0 Å². The van der Waals surface area contributed by atoms with Crippen LogP contribution in [0.1, 0.15) is 40.2 Å². The largest absolute Gasteiger partial charge is 0.478 e. The van der Waals surface area contributed by atoms with Gasteiger partial charge in [0.05, 0.1) is 5.56 Å². The van der Waals surface area contributed by atoms with Crippen molar-refractivity contribution >= 4 is 17.7 Å². The Labute approximate surface area is 133 Å². The van der Waals surface area contributed by atoms with Crippen LogP contribution in [0.15, 0.2) is 48.5 Å². The van der Waals surface area contributed by atoms with Gasteiger partial charge in [-0.2, -0.15) is 0 Å². The van der Waals surface area contributed by atoms with Crippen molar-refractivity contribution in [3.8, 4) is 0 Å². The minimum atomic E-state index is -1.02. The molecule has 118 valence electrons. The zero-order valence-corrected chi connectivity index (χ0v) is 12.5. The summed E-state index contributed by atoms with van der Waals surface area (Å²) in [5.41, 5.74) is 2.52. The molecule has 1 saturated carbocycles. The molecule has 0 radical (unpaired) electrons. The molecule has 1 amide bonds. The number of benzene rings is 2. The van der Waals surface area contributed by atoms with Crippen molar-refractivity contribution < 1.29 is 19.4 Å². The molecule has 0 aromatic heterocycles. The maximum atomic E-state index is 12.0. The van der Waals surface area contributed by atoms with Gasteiger partial charge >= 0.3 is 12.1 Å². The Hall–Kier alpha value is -2.82. The van der Waals surface area contributed by atoms with E-state index in [1.165, 1.54) is 6.07 Å². The third-order valence-electron chi connectivity index (χ3n) is 3.77. The van der Waals surface area contributed by atoms with Crippen molar-refractivity contribution in [3.63, 3.8) is 0 Å². The van der Waals surface area contributed by atoms with Gasteiger partial charge in [-0.3, -0.25) is 5.32 Å². The molecule has 0 unspecified atom stereocenters. The lowest BCUT2D eigenvalue weighted by molar-refractivity contribution is 0.0696. The van der Waals surface area contributed by atoms with Gasteiger partial charge in [-0.25, -0.2) is 9.59 Å². The number of hydrogen-bond donors (Lipinski definition) is 2. The number of carbonyl (C=O) groups excluding carboxylic acids is 1. The Balaban J connectivity index is 1.69. The number of rotatable bonds is 5. The molecule has 5 heteroatoms. The quantitative estimate of drug-likeness (QED) is 0.874. The number of aromatic carboxylic acids is 1. The highest BCUT2D eigenvalue weighted by molar-refractivity contribution is 5.92. The molecule has 2 aromatic rings. The van der Waals surface area contributed by atoms with Gasteiger partial charge in [-0.1, -0.05) is 36.4 Å². The van der Waals surface area contributed by atoms with Crippen molar-refractivity contribution in [2.45, 2.75) is 25.4 Å². The van der Waals surface area contributed by atoms with Gasteiger partial charge in [-0.05, 0) is 42.0 Å². The minimum Gasteiger partial charge on any atom is -0.478 e. The SMILES string of the molecule is O=C(Nc1cc(C(=O)O)ccc1C1CC1)OCc1ccccc1. The molecule has 1 fully saturated rings. The highest BCUT2D eigenvalue weighted by Gasteiger charge is 2.27. The Kier molecular flexibility index (Phi) is 4.28. The normalized spacial score (nSPS) is 13.4. The average Bonchev–Trinajstić information content (AvgIpc) is 3.38. The second-order valence-corrected chi connectivity index (χ2v) is 5.57. The maximum Gasteiger partial charge on any atom is 0.411 e. The lowest BCUT2D eigenvalue weighted by Crippen LogP contribution is -2.15. The molecule has 2 N–H and O–H groups in total. The van der Waals surface area contributed by atoms with E-state index < -0.39 is 12.1 Å². The van der Waals surface area contributed by atoms with Gasteiger partial charge in [0.1, 0.15) is 6.61 Å². The number of carboxylic acid groups (broad SMARTS) is 1. The van der Waals surface area contributed by atoms with Crippen LogP contribution in [0, 0.1) is 0 Å². The summed E-state index contributed by atoms with van der Waals surface area (Å²) in [5.74, 6) is -0.629. The molecule has 0 spiro atoms. The van der Waals surface area contributed by atoms with E-state index in [1.807, 2.05) is 30.3 Å². The van der Waals surface area contributed by atoms with E-state index in [0.717, 1.165) is 24.0 Å². The first-order valence-corrected chi connectivity index (χ1v) is 7.48. The Bertz CT molecular complexity index is 723. The van der Waals surface area contributed by atoms with Crippen LogP contribution < -0.4 is 5.32 Å². The molecule has 2 aromatic carbocycles. The van der Waals surface area contributed by atoms with Crippen LogP contribution in [0.5, 0.6) is 0 Å². The van der Waals surface area contributed by atoms with E-state index in [2.05, 4.69) is 5.32 Å². The molecule has 1 aliphatic rings. The zero-order valence-electron chi connectivity index (χ0n) is 12.5. The third kappa shape index (κ3) is 3.88. The molecular weight excluding hydrogens is 294 g/mol. The van der Waals surface area contributed by atoms with Gasteiger partial charge in [0.2, 0.25) is 0 Å². The molecule has 5 nitrogen and oxygen atoms in total. The summed E-state index contributed by atoms with van der Waals surface area (Å²) in [6.07, 6.45) is 1.53. The van der Waals surface area contributed by atoms with E-state index in [4.69, 9.17) is 9.84 Å². The molecular formula is C18H17NO4. The first-order valence-electron chi connectivity index (χ1n) is 7.48. The molecule has 23 heavy (non-hydrogen) atoms. The third-order valence-corrected chi connectivity index (χ3v) is 3.77. The number of hydrogen-bond acceptors (Lipinski definition) is 3. The molecule has 1 aliphatic carbocycles. The van der Waals surface area contributed by atoms with Gasteiger partial charge in [-0.15, -0.1) is 0 Å². The standard InChI is InChI=1S/C18H17NO4/c20-17(21)14-8-9-15(13-6-7-13)16(10-14)19-18(22)23-11-12-4-2-1-3-5-12/h1-5,8-10,13H,6-7,11H2,(H,19,22)(H,20,21). The highest BCUT2D eigenvalue weighted by Crippen LogP contribution is 2.43. The predicted molar refractivity (Wildman–Crippen MR) is 85.6 cm³/mol. The number of amides is 1. The molecule has 3 rings (SSSR count). The fraction of sp³-hybridized carbons (Fsp3) is 0.222. The van der Waals surface area contributed by atoms with E-state index in [0.29, 0.717) is 11.6 Å². The van der Waals surface area contributed by atoms with Crippen molar-refractivity contribution in [3.05, 3.63) is 65.2 Å². The van der Waals surface area contributed by atoms with Crippen LogP contribution in [0.4, 0.5) is 10.5 Å². The maximum absolute atomic E-state index is 12.0. The lowest BCUT2D eigenvalue weighted by Gasteiger charge is -2.12. The summed E-state index contributed by atoms with van der Waals surface area (Å²) < 4.78 is 5.19. The fourth-order valence-corrected chi connectivity index (χ4v) is 2.42. The fourth-order valence-electron chi connectivity index (χ4n) is 2.42. The summed E-state index contributed by atoms with van der Waals surface area (Å²) in [4.78, 5) is 23.1. The minimum absolute atomic E-state index is 0.146. The van der Waals surface area contributed by atoms with Crippen molar-refractivity contribution in [1.29, 1.82) is 0 Å². The van der Waals surface area contributed by atoms with Crippen LogP contribution in [0.2, 0.25) is 0 Å². The number of carboxylic acids is 1. The van der Waals surface area contributed by atoms with Gasteiger partial charge in [0, 0.05) is 5.69 Å². The predicted octanol–water partition coefficient (Wildman–Crippen LogP) is 4.01. The van der Waals surface area contributed by atoms with Crippen LogP contribution in [-0.2, 0) is 11.3 Å². The van der Waals surface area contributed by atoms with Crippen LogP contribution in [0.3, 0.4) is 0 Å². The van der Waals surface area contributed by atoms with Crippen molar-refractivity contribution in [2.24, 2.45) is 0 Å². The van der Waals surface area contributed by atoms with Crippen LogP contribution in [-0.4, -0.2) is 17.2 Å². The number of ether oxygens (including phenoxy) is 1. The first kappa shape index (κ1) is 15.1. The summed E-state index contributed by atoms with van der Waals surface area (Å²) in [7, 11) is 0. The van der Waals surface area contributed by atoms with Gasteiger partial charge < -0.3 is 9.84 Å². The molecule has 0 heterocycles. The van der Waals surface area contributed by atoms with E-state index in [-0.39, 0.29) is 12.2 Å². The summed E-state index contributed by atoms with van der Waals surface area (Å²) in [5, 5.41) is 11.8. The van der Waals surface area contributed by atoms with Crippen molar-refractivity contribution in [1.82, 2.24) is 0 Å². The molecule has 0 aliphatic heterocycles. The monoisotopic (exact) mass is 311 g/mol. The Morgan fingerprint density at radius 2 is 1.87 bits per heavy atom. The highest BCUT2D eigenvalue weighted by atomic mass is 16.5. The lowest BCUT2D eigenvalue weighted by atomic mass is 10.1. The molecule has 0 bridgehead atoms. The first-order chi connectivity index (χ1) is 11.1. The summed E-state index contributed by atoms with van der Waals surface area (Å²) in [6.45, 7) is 0.171. The van der Waals surface area contributed by atoms with E-state index in [1.54, 1.807) is 12.1 Å². The number of nitrogens with one attached hydrogen (secondary N) is 1.